The molecule has 6 rings (SSSR count). The molecule has 6 heteroatoms. The first-order valence-corrected chi connectivity index (χ1v) is 18.2. The fourth-order valence-corrected chi connectivity index (χ4v) is 8.85. The van der Waals surface area contributed by atoms with Gasteiger partial charge in [-0.3, -0.25) is 14.5 Å². The van der Waals surface area contributed by atoms with Crippen LogP contribution in [-0.2, 0) is 21.4 Å². The van der Waals surface area contributed by atoms with Gasteiger partial charge in [-0.25, -0.2) is 0 Å². The Morgan fingerprint density at radius 1 is 1.00 bits per heavy atom. The predicted molar refractivity (Wildman–Crippen MR) is 173 cm³/mol. The second-order valence-corrected chi connectivity index (χ2v) is 14.5. The molecule has 2 heterocycles. The summed E-state index contributed by atoms with van der Waals surface area (Å²) in [5.74, 6) is 1.52. The number of unbranched alkanes of at least 4 members (excludes halogenated alkanes) is 11. The zero-order valence-electron chi connectivity index (χ0n) is 27.1. The quantitative estimate of drug-likeness (QED) is 0.0798. The maximum Gasteiger partial charge on any atom is 0.311 e. The average Bonchev–Trinajstić information content (AvgIpc) is 3.76. The number of Topliss-reactive ketones (excluding diaryl/α,β-unsaturated/α-hetero) is 1. The van der Waals surface area contributed by atoms with Gasteiger partial charge in [-0.15, -0.1) is 0 Å². The molecular formula is C38H55NO5. The molecule has 2 saturated carbocycles. The second-order valence-electron chi connectivity index (χ2n) is 14.5. The Balaban J connectivity index is 0.975. The van der Waals surface area contributed by atoms with Crippen LogP contribution in [0.4, 0.5) is 0 Å². The lowest BCUT2D eigenvalue weighted by Crippen LogP contribution is -2.76. The van der Waals surface area contributed by atoms with E-state index in [-0.39, 0.29) is 17.8 Å². The summed E-state index contributed by atoms with van der Waals surface area (Å²) in [6.07, 6.45) is 25.1. The van der Waals surface area contributed by atoms with E-state index < -0.39 is 17.1 Å². The molecule has 3 aliphatic carbocycles. The number of carbonyl (C=O) groups is 2. The molecule has 1 N–H and O–H groups in total. The fraction of sp³-hybridized carbons (Fsp3) is 0.737. The van der Waals surface area contributed by atoms with Crippen LogP contribution in [0.5, 0.6) is 11.5 Å². The Kier molecular flexibility index (Phi) is 10.2. The monoisotopic (exact) mass is 605 g/mol. The van der Waals surface area contributed by atoms with Gasteiger partial charge in [0, 0.05) is 31.0 Å². The summed E-state index contributed by atoms with van der Waals surface area (Å²) >= 11 is 0. The first kappa shape index (κ1) is 31.8. The highest BCUT2D eigenvalue weighted by molar-refractivity contribution is 5.90. The van der Waals surface area contributed by atoms with E-state index in [0.29, 0.717) is 37.2 Å². The van der Waals surface area contributed by atoms with Crippen molar-refractivity contribution in [1.82, 2.24) is 4.90 Å². The zero-order chi connectivity index (χ0) is 30.6. The van der Waals surface area contributed by atoms with E-state index in [2.05, 4.69) is 30.0 Å². The molecule has 6 nitrogen and oxygen atoms in total. The molecule has 3 fully saturated rings. The number of nitrogens with zero attached hydrogens (tertiary/aromatic N) is 1. The van der Waals surface area contributed by atoms with Crippen molar-refractivity contribution in [2.45, 2.75) is 159 Å². The van der Waals surface area contributed by atoms with Crippen LogP contribution in [0.15, 0.2) is 24.3 Å². The lowest BCUT2D eigenvalue weighted by atomic mass is 9.49. The first-order chi connectivity index (χ1) is 21.5. The SMILES string of the molecule is CCCCCCCC/C=C\CCCCCCCC(=O)Oc1ccc2c3c1OC1C(=O)CCC4(O)C(C2)N(CC2CC2)CCC314. The van der Waals surface area contributed by atoms with Crippen LogP contribution in [0.25, 0.3) is 0 Å². The maximum atomic E-state index is 13.3. The Labute approximate surface area is 264 Å². The summed E-state index contributed by atoms with van der Waals surface area (Å²) in [6, 6.07) is 3.92. The zero-order valence-corrected chi connectivity index (χ0v) is 27.1. The summed E-state index contributed by atoms with van der Waals surface area (Å²) in [7, 11) is 0. The minimum atomic E-state index is -0.997. The van der Waals surface area contributed by atoms with Crippen molar-refractivity contribution in [1.29, 1.82) is 0 Å². The largest absolute Gasteiger partial charge is 0.477 e. The molecule has 1 aromatic rings. The van der Waals surface area contributed by atoms with Gasteiger partial charge in [-0.05, 0) is 88.3 Å². The van der Waals surface area contributed by atoms with Crippen molar-refractivity contribution in [2.75, 3.05) is 13.1 Å². The van der Waals surface area contributed by atoms with E-state index >= 15 is 0 Å². The summed E-state index contributed by atoms with van der Waals surface area (Å²) in [5.41, 5.74) is 0.363. The van der Waals surface area contributed by atoms with Crippen molar-refractivity contribution >= 4 is 11.8 Å². The number of ether oxygens (including phenoxy) is 2. The molecule has 242 valence electrons. The Morgan fingerprint density at radius 2 is 1.70 bits per heavy atom. The molecule has 5 aliphatic rings. The fourth-order valence-electron chi connectivity index (χ4n) is 8.85. The summed E-state index contributed by atoms with van der Waals surface area (Å²) in [5, 5.41) is 12.4. The van der Waals surface area contributed by atoms with Crippen molar-refractivity contribution in [2.24, 2.45) is 5.92 Å². The topological polar surface area (TPSA) is 76.1 Å². The number of rotatable bonds is 18. The number of hydrogen-bond donors (Lipinski definition) is 1. The van der Waals surface area contributed by atoms with Crippen molar-refractivity contribution in [3.63, 3.8) is 0 Å². The van der Waals surface area contributed by atoms with E-state index in [1.54, 1.807) is 0 Å². The number of piperidine rings is 1. The van der Waals surface area contributed by atoms with Gasteiger partial charge in [0.25, 0.3) is 0 Å². The molecular weight excluding hydrogens is 550 g/mol. The van der Waals surface area contributed by atoms with E-state index in [4.69, 9.17) is 9.47 Å². The van der Waals surface area contributed by atoms with Gasteiger partial charge in [-0.2, -0.15) is 0 Å². The Hall–Kier alpha value is -2.18. The molecule has 1 aromatic carbocycles. The third-order valence-electron chi connectivity index (χ3n) is 11.4. The molecule has 0 amide bonds. The van der Waals surface area contributed by atoms with E-state index in [1.807, 2.05) is 6.07 Å². The van der Waals surface area contributed by atoms with E-state index in [9.17, 15) is 14.7 Å². The van der Waals surface area contributed by atoms with Gasteiger partial charge in [0.2, 0.25) is 0 Å². The molecule has 0 radical (unpaired) electrons. The second kappa shape index (κ2) is 14.1. The number of hydrogen-bond acceptors (Lipinski definition) is 6. The maximum absolute atomic E-state index is 13.3. The number of carbonyl (C=O) groups excluding carboxylic acids is 2. The van der Waals surface area contributed by atoms with Gasteiger partial charge in [0.1, 0.15) is 0 Å². The number of esters is 1. The number of benzene rings is 1. The van der Waals surface area contributed by atoms with E-state index in [0.717, 1.165) is 62.2 Å². The Bertz CT molecular complexity index is 1210. The normalized spacial score (nSPS) is 28.7. The number of allylic oxidation sites excluding steroid dienone is 2. The summed E-state index contributed by atoms with van der Waals surface area (Å²) in [6.45, 7) is 4.17. The Morgan fingerprint density at radius 3 is 2.43 bits per heavy atom. The number of aliphatic hydroxyl groups is 1. The molecule has 1 saturated heterocycles. The average molecular weight is 606 g/mol. The minimum Gasteiger partial charge on any atom is -0.477 e. The number of likely N-dealkylation sites (tertiary alicyclic amines) is 1. The highest BCUT2D eigenvalue weighted by Crippen LogP contribution is 2.65. The summed E-state index contributed by atoms with van der Waals surface area (Å²) < 4.78 is 12.3. The van der Waals surface area contributed by atoms with Gasteiger partial charge in [0.05, 0.1) is 11.0 Å². The highest BCUT2D eigenvalue weighted by atomic mass is 16.6. The lowest BCUT2D eigenvalue weighted by Gasteiger charge is -2.62. The number of ketones is 1. The van der Waals surface area contributed by atoms with Crippen molar-refractivity contribution in [3.05, 3.63) is 35.4 Å². The van der Waals surface area contributed by atoms with Crippen LogP contribution in [0.2, 0.25) is 0 Å². The molecule has 2 aliphatic heterocycles. The smallest absolute Gasteiger partial charge is 0.311 e. The van der Waals surface area contributed by atoms with Gasteiger partial charge >= 0.3 is 5.97 Å². The van der Waals surface area contributed by atoms with Crippen LogP contribution in [-0.4, -0.2) is 52.6 Å². The van der Waals surface area contributed by atoms with Gasteiger partial charge in [-0.1, -0.05) is 76.5 Å². The minimum absolute atomic E-state index is 0.00373. The summed E-state index contributed by atoms with van der Waals surface area (Å²) in [4.78, 5) is 28.7. The van der Waals surface area contributed by atoms with Crippen LogP contribution in [0.1, 0.15) is 140 Å². The molecule has 1 spiro atoms. The molecule has 44 heavy (non-hydrogen) atoms. The first-order valence-electron chi connectivity index (χ1n) is 18.2. The standard InChI is InChI=1S/C38H55NO5/c1-2-3-4-5-6-7-8-9-10-11-12-13-14-15-16-17-33(41)43-31-21-20-29-26-32-38(42)23-22-30(40)36-37(38,34(29)35(31)44-36)24-25-39(32)27-28-18-19-28/h9-10,20-21,28,32,36,42H,2-8,11-19,22-27H2,1H3/b10-9-. The van der Waals surface area contributed by atoms with Gasteiger partial charge in [0.15, 0.2) is 23.4 Å². The predicted octanol–water partition coefficient (Wildman–Crippen LogP) is 7.76. The lowest BCUT2D eigenvalue weighted by molar-refractivity contribution is -0.188. The van der Waals surface area contributed by atoms with Crippen molar-refractivity contribution in [3.8, 4) is 11.5 Å². The molecule has 2 bridgehead atoms. The van der Waals surface area contributed by atoms with Crippen LogP contribution >= 0.6 is 0 Å². The van der Waals surface area contributed by atoms with Crippen LogP contribution in [0, 0.1) is 5.92 Å². The third-order valence-corrected chi connectivity index (χ3v) is 11.4. The van der Waals surface area contributed by atoms with Gasteiger partial charge < -0.3 is 14.6 Å². The van der Waals surface area contributed by atoms with Crippen LogP contribution in [0.3, 0.4) is 0 Å². The molecule has 4 atom stereocenters. The van der Waals surface area contributed by atoms with Crippen molar-refractivity contribution < 1.29 is 24.2 Å². The van der Waals surface area contributed by atoms with Crippen LogP contribution < -0.4 is 9.47 Å². The third kappa shape index (κ3) is 6.27. The molecule has 4 unspecified atom stereocenters. The molecule has 0 aromatic heterocycles. The van der Waals surface area contributed by atoms with E-state index in [1.165, 1.54) is 70.6 Å². The highest BCUT2D eigenvalue weighted by Gasteiger charge is 2.73.